The molecule has 1 fully saturated rings. The van der Waals surface area contributed by atoms with E-state index in [4.69, 9.17) is 4.98 Å². The molecule has 0 unspecified atom stereocenters. The molecule has 0 amide bonds. The van der Waals surface area contributed by atoms with Crippen molar-refractivity contribution in [2.24, 2.45) is 5.92 Å². The number of nitrogens with zero attached hydrogens (tertiary/aromatic N) is 2. The van der Waals surface area contributed by atoms with Crippen LogP contribution in [0.25, 0.3) is 33.4 Å². The van der Waals surface area contributed by atoms with E-state index in [1.807, 2.05) is 58.2 Å². The Bertz CT molecular complexity index is 1740. The number of fused-ring (bicyclic) bond motifs is 1. The Morgan fingerprint density at radius 1 is 1.11 bits per heavy atom. The van der Waals surface area contributed by atoms with E-state index in [1.54, 1.807) is 12.1 Å². The monoisotopic (exact) mass is 603 g/mol. The first kappa shape index (κ1) is 33.2. The van der Waals surface area contributed by atoms with Gasteiger partial charge >= 0.3 is 0 Å². The SMILES string of the molecule is C=C/C=C(/c1cccc(F)c1)c1cc(-c2n[nH]c3cnc(C(/C=C(\C=C)NC(=C)CC4CCCCC4)=C/C)cc23)[nH]c1C.CC. The molecule has 0 spiro atoms. The van der Waals surface area contributed by atoms with Gasteiger partial charge in [0.05, 0.1) is 23.1 Å². The third-order valence-electron chi connectivity index (χ3n) is 8.15. The lowest BCUT2D eigenvalue weighted by molar-refractivity contribution is 0.353. The fourth-order valence-corrected chi connectivity index (χ4v) is 5.97. The van der Waals surface area contributed by atoms with Crippen molar-refractivity contribution in [1.82, 2.24) is 25.5 Å². The highest BCUT2D eigenvalue weighted by Crippen LogP contribution is 2.34. The largest absolute Gasteiger partial charge is 0.359 e. The molecule has 0 radical (unpaired) electrons. The van der Waals surface area contributed by atoms with Crippen LogP contribution in [0.3, 0.4) is 0 Å². The fourth-order valence-electron chi connectivity index (χ4n) is 5.97. The molecule has 3 N–H and O–H groups in total. The summed E-state index contributed by atoms with van der Waals surface area (Å²) in [6.07, 6.45) is 18.9. The summed E-state index contributed by atoms with van der Waals surface area (Å²) in [5.74, 6) is 0.426. The Morgan fingerprint density at radius 2 is 1.89 bits per heavy atom. The average Bonchev–Trinajstić information content (AvgIpc) is 3.66. The predicted molar refractivity (Wildman–Crippen MR) is 189 cm³/mol. The number of aromatic amines is 2. The van der Waals surface area contributed by atoms with Crippen LogP contribution in [0.2, 0.25) is 0 Å². The molecule has 1 aliphatic carbocycles. The van der Waals surface area contributed by atoms with Gasteiger partial charge in [0.25, 0.3) is 0 Å². The van der Waals surface area contributed by atoms with Gasteiger partial charge < -0.3 is 10.3 Å². The van der Waals surface area contributed by atoms with Crippen LogP contribution in [-0.2, 0) is 0 Å². The van der Waals surface area contributed by atoms with Crippen LogP contribution in [-0.4, -0.2) is 20.2 Å². The molecule has 0 saturated heterocycles. The van der Waals surface area contributed by atoms with Gasteiger partial charge in [-0.2, -0.15) is 5.10 Å². The quantitative estimate of drug-likeness (QED) is 0.149. The third-order valence-corrected chi connectivity index (χ3v) is 8.15. The van der Waals surface area contributed by atoms with E-state index in [0.717, 1.165) is 73.8 Å². The summed E-state index contributed by atoms with van der Waals surface area (Å²) in [7, 11) is 0. The van der Waals surface area contributed by atoms with Crippen molar-refractivity contribution in [3.63, 3.8) is 0 Å². The first-order valence-electron chi connectivity index (χ1n) is 16.0. The van der Waals surface area contributed by atoms with Gasteiger partial charge in [0.1, 0.15) is 11.5 Å². The van der Waals surface area contributed by atoms with E-state index < -0.39 is 0 Å². The molecule has 0 atom stereocenters. The molecule has 1 saturated carbocycles. The number of halogens is 1. The summed E-state index contributed by atoms with van der Waals surface area (Å²) in [4.78, 5) is 8.22. The summed E-state index contributed by atoms with van der Waals surface area (Å²) in [6.45, 7) is 20.2. The highest BCUT2D eigenvalue weighted by molar-refractivity contribution is 5.95. The van der Waals surface area contributed by atoms with E-state index >= 15 is 0 Å². The Hall–Kier alpha value is -4.71. The summed E-state index contributed by atoms with van der Waals surface area (Å²) in [6, 6.07) is 10.7. The molecule has 0 bridgehead atoms. The normalized spacial score (nSPS) is 14.6. The van der Waals surface area contributed by atoms with E-state index in [-0.39, 0.29) is 5.82 Å². The number of allylic oxidation sites excluding steroid dienone is 7. The molecule has 0 aliphatic heterocycles. The van der Waals surface area contributed by atoms with Gasteiger partial charge in [0, 0.05) is 28.0 Å². The highest BCUT2D eigenvalue weighted by atomic mass is 19.1. The number of rotatable bonds is 11. The van der Waals surface area contributed by atoms with Crippen LogP contribution in [0.4, 0.5) is 4.39 Å². The molecule has 5 nitrogen and oxygen atoms in total. The minimum absolute atomic E-state index is 0.281. The van der Waals surface area contributed by atoms with E-state index in [1.165, 1.54) is 44.2 Å². The number of hydrogen-bond donors (Lipinski definition) is 3. The van der Waals surface area contributed by atoms with Crippen molar-refractivity contribution in [2.75, 3.05) is 0 Å². The molecule has 3 heterocycles. The first-order valence-corrected chi connectivity index (χ1v) is 16.0. The van der Waals surface area contributed by atoms with Crippen molar-refractivity contribution < 1.29 is 4.39 Å². The number of H-pyrrole nitrogens is 2. The number of aryl methyl sites for hydroxylation is 1. The zero-order chi connectivity index (χ0) is 32.3. The van der Waals surface area contributed by atoms with Gasteiger partial charge in [-0.05, 0) is 79.3 Å². The smallest absolute Gasteiger partial charge is 0.123 e. The Labute approximate surface area is 267 Å². The zero-order valence-electron chi connectivity index (χ0n) is 27.1. The van der Waals surface area contributed by atoms with Crippen LogP contribution in [0.15, 0.2) is 104 Å². The zero-order valence-corrected chi connectivity index (χ0v) is 27.1. The second-order valence-corrected chi connectivity index (χ2v) is 11.2. The lowest BCUT2D eigenvalue weighted by Crippen LogP contribution is -2.16. The van der Waals surface area contributed by atoms with Crippen molar-refractivity contribution in [2.45, 2.75) is 66.2 Å². The van der Waals surface area contributed by atoms with Crippen molar-refractivity contribution in [3.05, 3.63) is 132 Å². The maximum atomic E-state index is 14.1. The maximum Gasteiger partial charge on any atom is 0.123 e. The first-order chi connectivity index (χ1) is 21.9. The molecule has 45 heavy (non-hydrogen) atoms. The molecule has 1 aliphatic rings. The van der Waals surface area contributed by atoms with Gasteiger partial charge in [-0.1, -0.05) is 96.0 Å². The third kappa shape index (κ3) is 8.07. The Kier molecular flexibility index (Phi) is 11.7. The average molecular weight is 604 g/mol. The molecule has 1 aromatic carbocycles. The topological polar surface area (TPSA) is 69.4 Å². The lowest BCUT2D eigenvalue weighted by Gasteiger charge is -2.23. The van der Waals surface area contributed by atoms with Crippen LogP contribution in [0, 0.1) is 18.7 Å². The molecule has 4 aromatic rings. The van der Waals surface area contributed by atoms with E-state index in [0.29, 0.717) is 5.92 Å². The second-order valence-electron chi connectivity index (χ2n) is 11.2. The molecule has 5 rings (SSSR count). The number of nitrogens with one attached hydrogen (secondary N) is 3. The predicted octanol–water partition coefficient (Wildman–Crippen LogP) is 10.6. The number of hydrogen-bond acceptors (Lipinski definition) is 3. The molecule has 6 heteroatoms. The van der Waals surface area contributed by atoms with Gasteiger partial charge in [-0.15, -0.1) is 0 Å². The van der Waals surface area contributed by atoms with Crippen molar-refractivity contribution in [3.8, 4) is 11.4 Å². The minimum Gasteiger partial charge on any atom is -0.359 e. The number of pyridine rings is 1. The Morgan fingerprint density at radius 3 is 2.58 bits per heavy atom. The van der Waals surface area contributed by atoms with Crippen LogP contribution in [0.5, 0.6) is 0 Å². The van der Waals surface area contributed by atoms with Crippen LogP contribution in [0.1, 0.15) is 81.8 Å². The molecular weight excluding hydrogens is 557 g/mol. The van der Waals surface area contributed by atoms with Gasteiger partial charge in [0.2, 0.25) is 0 Å². The molecular formula is C39H46FN5. The number of aromatic nitrogens is 4. The van der Waals surface area contributed by atoms with Gasteiger partial charge in [-0.3, -0.25) is 10.1 Å². The Balaban J connectivity index is 0.00000226. The second kappa shape index (κ2) is 15.8. The van der Waals surface area contributed by atoms with E-state index in [9.17, 15) is 4.39 Å². The van der Waals surface area contributed by atoms with Crippen molar-refractivity contribution >= 4 is 22.0 Å². The summed E-state index contributed by atoms with van der Waals surface area (Å²) in [5.41, 5.74) is 9.75. The van der Waals surface area contributed by atoms with Crippen molar-refractivity contribution in [1.29, 1.82) is 0 Å². The van der Waals surface area contributed by atoms with Gasteiger partial charge in [-0.25, -0.2) is 4.39 Å². The summed E-state index contributed by atoms with van der Waals surface area (Å²) >= 11 is 0. The fraction of sp³-hybridized carbons (Fsp3) is 0.282. The van der Waals surface area contributed by atoms with Gasteiger partial charge in [0.15, 0.2) is 0 Å². The maximum absolute atomic E-state index is 14.1. The molecule has 234 valence electrons. The minimum atomic E-state index is -0.281. The lowest BCUT2D eigenvalue weighted by atomic mass is 9.86. The molecule has 3 aromatic heterocycles. The number of benzene rings is 1. The standard InChI is InChI=1S/C37H40FN5.C2H6/c1-6-13-31(28-16-12-17-29(38)19-28)32-21-35(41-25(32)5)37-33-22-34(39-23-36(33)42-43-37)27(7-2)20-30(8-3)40-24(4)18-26-14-10-9-11-15-26;1-2/h6-8,12-13,16-17,19-23,26,40-41H,1,3-4,9-11,14-15,18H2,2,5H3,(H,42,43);1-2H3/b27-7+,30-20+,31-13-;. The van der Waals surface area contributed by atoms with Crippen LogP contribution < -0.4 is 5.32 Å². The summed E-state index contributed by atoms with van der Waals surface area (Å²) in [5, 5.41) is 12.2. The highest BCUT2D eigenvalue weighted by Gasteiger charge is 2.18. The summed E-state index contributed by atoms with van der Waals surface area (Å²) < 4.78 is 14.1. The van der Waals surface area contributed by atoms with Crippen LogP contribution >= 0.6 is 0 Å². The van der Waals surface area contributed by atoms with E-state index in [2.05, 4.69) is 58.4 Å².